The van der Waals surface area contributed by atoms with Crippen LogP contribution in [-0.4, -0.2) is 63.6 Å². The highest BCUT2D eigenvalue weighted by molar-refractivity contribution is 4.60. The molecule has 0 aromatic heterocycles. The zero-order chi connectivity index (χ0) is 25.7. The summed E-state index contributed by atoms with van der Waals surface area (Å²) >= 11 is 0. The van der Waals surface area contributed by atoms with E-state index in [0.717, 1.165) is 39.1 Å². The van der Waals surface area contributed by atoms with E-state index in [4.69, 9.17) is 18.9 Å². The molecule has 1 unspecified atom stereocenters. The molecule has 212 valence electrons. The lowest BCUT2D eigenvalue weighted by Crippen LogP contribution is -2.31. The number of ether oxygens (including phenoxy) is 4. The summed E-state index contributed by atoms with van der Waals surface area (Å²) in [5.41, 5.74) is 0. The minimum absolute atomic E-state index is 0.136. The summed E-state index contributed by atoms with van der Waals surface area (Å²) in [4.78, 5) is 0. The first-order valence-corrected chi connectivity index (χ1v) is 15.3. The molecule has 0 saturated carbocycles. The van der Waals surface area contributed by atoms with Crippen LogP contribution in [0.4, 0.5) is 0 Å². The molecular formula is C30H62O5. The molecule has 5 nitrogen and oxygen atoms in total. The van der Waals surface area contributed by atoms with Crippen molar-refractivity contribution in [3.63, 3.8) is 0 Å². The van der Waals surface area contributed by atoms with Crippen molar-refractivity contribution in [1.29, 1.82) is 0 Å². The summed E-state index contributed by atoms with van der Waals surface area (Å²) in [6.07, 6.45) is 21.9. The van der Waals surface area contributed by atoms with Crippen LogP contribution in [0.25, 0.3) is 0 Å². The Morgan fingerprint density at radius 3 is 1.17 bits per heavy atom. The largest absolute Gasteiger partial charge is 0.388 e. The molecule has 0 aliphatic heterocycles. The van der Waals surface area contributed by atoms with Gasteiger partial charge in [0.2, 0.25) is 0 Å². The van der Waals surface area contributed by atoms with Crippen LogP contribution in [0.15, 0.2) is 0 Å². The number of aliphatic hydroxyl groups excluding tert-OH is 1. The van der Waals surface area contributed by atoms with Crippen molar-refractivity contribution in [2.24, 2.45) is 0 Å². The van der Waals surface area contributed by atoms with Crippen molar-refractivity contribution in [2.75, 3.05) is 46.2 Å². The van der Waals surface area contributed by atoms with Crippen LogP contribution in [-0.2, 0) is 18.9 Å². The van der Waals surface area contributed by atoms with E-state index in [-0.39, 0.29) is 12.7 Å². The molecule has 1 atom stereocenters. The van der Waals surface area contributed by atoms with Crippen molar-refractivity contribution >= 4 is 0 Å². The second-order valence-electron chi connectivity index (χ2n) is 10.1. The number of hydrogen-bond donors (Lipinski definition) is 1. The highest BCUT2D eigenvalue weighted by atomic mass is 16.6. The molecule has 0 aromatic rings. The van der Waals surface area contributed by atoms with Gasteiger partial charge in [0, 0.05) is 19.8 Å². The second-order valence-corrected chi connectivity index (χ2v) is 10.1. The smallest absolute Gasteiger partial charge is 0.104 e. The molecule has 0 bridgehead atoms. The molecule has 0 aromatic carbocycles. The lowest BCUT2D eigenvalue weighted by molar-refractivity contribution is -0.0933. The molecule has 0 heterocycles. The first-order valence-electron chi connectivity index (χ1n) is 15.3. The second kappa shape index (κ2) is 30.0. The van der Waals surface area contributed by atoms with E-state index in [1.165, 1.54) is 96.3 Å². The fourth-order valence-corrected chi connectivity index (χ4v) is 4.04. The lowest BCUT2D eigenvalue weighted by Gasteiger charge is -2.20. The highest BCUT2D eigenvalue weighted by Gasteiger charge is 2.14. The standard InChI is InChI=1S/C30H62O5/c1-4-7-10-13-16-19-22-32-25-29(31)26-35-30(27-33-23-20-17-14-11-8-5-2)28-34-24-21-18-15-12-9-6-3/h29-31H,4-28H2,1-3H3. The molecule has 0 fully saturated rings. The number of unbranched alkanes of at least 4 members (excludes halogenated alkanes) is 15. The molecule has 0 amide bonds. The fourth-order valence-electron chi connectivity index (χ4n) is 4.04. The molecule has 0 rings (SSSR count). The number of hydrogen-bond acceptors (Lipinski definition) is 5. The predicted molar refractivity (Wildman–Crippen MR) is 148 cm³/mol. The minimum atomic E-state index is -0.602. The third-order valence-corrected chi connectivity index (χ3v) is 6.37. The first kappa shape index (κ1) is 34.8. The van der Waals surface area contributed by atoms with Crippen LogP contribution in [0.5, 0.6) is 0 Å². The van der Waals surface area contributed by atoms with Gasteiger partial charge >= 0.3 is 0 Å². The van der Waals surface area contributed by atoms with E-state index in [1.54, 1.807) is 0 Å². The van der Waals surface area contributed by atoms with E-state index in [9.17, 15) is 5.11 Å². The summed E-state index contributed by atoms with van der Waals surface area (Å²) < 4.78 is 23.4. The van der Waals surface area contributed by atoms with Crippen molar-refractivity contribution < 1.29 is 24.1 Å². The summed E-state index contributed by atoms with van der Waals surface area (Å²) in [5.74, 6) is 0. The molecule has 0 radical (unpaired) electrons. The molecule has 5 heteroatoms. The van der Waals surface area contributed by atoms with Gasteiger partial charge in [0.05, 0.1) is 26.4 Å². The van der Waals surface area contributed by atoms with Crippen molar-refractivity contribution in [2.45, 2.75) is 149 Å². The lowest BCUT2D eigenvalue weighted by atomic mass is 10.1. The van der Waals surface area contributed by atoms with E-state index >= 15 is 0 Å². The van der Waals surface area contributed by atoms with Gasteiger partial charge in [-0.15, -0.1) is 0 Å². The van der Waals surface area contributed by atoms with E-state index in [0.29, 0.717) is 19.8 Å². The Bertz CT molecular complexity index is 360. The van der Waals surface area contributed by atoms with E-state index < -0.39 is 6.10 Å². The van der Waals surface area contributed by atoms with Gasteiger partial charge in [0.25, 0.3) is 0 Å². The van der Waals surface area contributed by atoms with Crippen molar-refractivity contribution in [3.8, 4) is 0 Å². The maximum absolute atomic E-state index is 10.3. The Balaban J connectivity index is 3.99. The summed E-state index contributed by atoms with van der Waals surface area (Å²) in [5, 5.41) is 10.3. The quantitative estimate of drug-likeness (QED) is 0.101. The number of rotatable bonds is 30. The zero-order valence-electron chi connectivity index (χ0n) is 23.9. The van der Waals surface area contributed by atoms with Crippen LogP contribution >= 0.6 is 0 Å². The molecule has 35 heavy (non-hydrogen) atoms. The maximum Gasteiger partial charge on any atom is 0.104 e. The zero-order valence-corrected chi connectivity index (χ0v) is 23.9. The third-order valence-electron chi connectivity index (χ3n) is 6.37. The van der Waals surface area contributed by atoms with Gasteiger partial charge in [-0.1, -0.05) is 117 Å². The average molecular weight is 503 g/mol. The maximum atomic E-state index is 10.3. The van der Waals surface area contributed by atoms with Crippen LogP contribution in [0.1, 0.15) is 136 Å². The average Bonchev–Trinajstić information content (AvgIpc) is 2.86. The van der Waals surface area contributed by atoms with Crippen molar-refractivity contribution in [3.05, 3.63) is 0 Å². The van der Waals surface area contributed by atoms with Gasteiger partial charge in [0.15, 0.2) is 0 Å². The molecule has 0 spiro atoms. The Kier molecular flexibility index (Phi) is 29.9. The van der Waals surface area contributed by atoms with Gasteiger partial charge in [-0.25, -0.2) is 0 Å². The topological polar surface area (TPSA) is 57.2 Å². The van der Waals surface area contributed by atoms with Gasteiger partial charge in [-0.05, 0) is 19.3 Å². The van der Waals surface area contributed by atoms with Crippen LogP contribution < -0.4 is 0 Å². The minimum Gasteiger partial charge on any atom is -0.388 e. The molecular weight excluding hydrogens is 440 g/mol. The SMILES string of the molecule is CCCCCCCCOCC(O)COC(COCCCCCCCC)COCCCCCCCC. The summed E-state index contributed by atoms with van der Waals surface area (Å²) in [7, 11) is 0. The Morgan fingerprint density at radius 2 is 0.771 bits per heavy atom. The van der Waals surface area contributed by atoms with E-state index in [1.807, 2.05) is 0 Å². The summed E-state index contributed by atoms with van der Waals surface area (Å²) in [6.45, 7) is 10.6. The summed E-state index contributed by atoms with van der Waals surface area (Å²) in [6, 6.07) is 0. The molecule has 0 aliphatic rings. The van der Waals surface area contributed by atoms with Crippen LogP contribution in [0.2, 0.25) is 0 Å². The van der Waals surface area contributed by atoms with Gasteiger partial charge < -0.3 is 24.1 Å². The van der Waals surface area contributed by atoms with Crippen molar-refractivity contribution in [1.82, 2.24) is 0 Å². The first-order chi connectivity index (χ1) is 17.2. The normalized spacial score (nSPS) is 12.6. The number of aliphatic hydroxyl groups is 1. The third kappa shape index (κ3) is 28.2. The van der Waals surface area contributed by atoms with Gasteiger partial charge in [0.1, 0.15) is 12.2 Å². The fraction of sp³-hybridized carbons (Fsp3) is 1.00. The van der Waals surface area contributed by atoms with Gasteiger partial charge in [-0.2, -0.15) is 0 Å². The monoisotopic (exact) mass is 502 g/mol. The predicted octanol–water partition coefficient (Wildman–Crippen LogP) is 7.86. The van der Waals surface area contributed by atoms with Gasteiger partial charge in [-0.3, -0.25) is 0 Å². The highest BCUT2D eigenvalue weighted by Crippen LogP contribution is 2.08. The van der Waals surface area contributed by atoms with E-state index in [2.05, 4.69) is 20.8 Å². The Labute approximate surface area is 219 Å². The molecule has 0 saturated heterocycles. The van der Waals surface area contributed by atoms with Crippen LogP contribution in [0.3, 0.4) is 0 Å². The molecule has 0 aliphatic carbocycles. The Morgan fingerprint density at radius 1 is 0.429 bits per heavy atom. The Hall–Kier alpha value is -0.200. The molecule has 1 N–H and O–H groups in total. The van der Waals surface area contributed by atoms with Crippen LogP contribution in [0, 0.1) is 0 Å².